The minimum absolute atomic E-state index is 0.0360. The third-order valence-electron chi connectivity index (χ3n) is 4.88. The van der Waals surface area contributed by atoms with E-state index in [1.165, 1.54) is 11.8 Å². The van der Waals surface area contributed by atoms with E-state index in [0.717, 1.165) is 30.7 Å². The van der Waals surface area contributed by atoms with Gasteiger partial charge in [-0.1, -0.05) is 65.7 Å². The number of ether oxygens (including phenoxy) is 1. The summed E-state index contributed by atoms with van der Waals surface area (Å²) in [6, 6.07) is 12.6. The first kappa shape index (κ1) is 25.6. The molecule has 0 saturated carbocycles. The van der Waals surface area contributed by atoms with Gasteiger partial charge in [0.25, 0.3) is 5.91 Å². The smallest absolute Gasteiger partial charge is 0.266 e. The van der Waals surface area contributed by atoms with E-state index < -0.39 is 0 Å². The van der Waals surface area contributed by atoms with Crippen LogP contribution in [0.5, 0.6) is 5.75 Å². The number of benzene rings is 2. The second-order valence-corrected chi connectivity index (χ2v) is 9.75. The van der Waals surface area contributed by atoms with E-state index in [1.54, 1.807) is 29.2 Å². The Balaban J connectivity index is 1.41. The van der Waals surface area contributed by atoms with Gasteiger partial charge in [0.05, 0.1) is 21.6 Å². The second-order valence-electron chi connectivity index (χ2n) is 7.29. The van der Waals surface area contributed by atoms with Gasteiger partial charge < -0.3 is 10.1 Å². The van der Waals surface area contributed by atoms with E-state index in [2.05, 4.69) is 5.32 Å². The summed E-state index contributed by atoms with van der Waals surface area (Å²) in [5.74, 6) is 0.608. The summed E-state index contributed by atoms with van der Waals surface area (Å²) in [6.45, 7) is 3.05. The van der Waals surface area contributed by atoms with Gasteiger partial charge in [-0.05, 0) is 61.7 Å². The van der Waals surface area contributed by atoms with E-state index >= 15 is 0 Å². The number of anilines is 1. The van der Waals surface area contributed by atoms with Gasteiger partial charge in [0.15, 0.2) is 0 Å². The van der Waals surface area contributed by atoms with Crippen LogP contribution in [-0.2, 0) is 9.59 Å². The van der Waals surface area contributed by atoms with Crippen LogP contribution in [0, 0.1) is 0 Å². The summed E-state index contributed by atoms with van der Waals surface area (Å²) < 4.78 is 5.92. The van der Waals surface area contributed by atoms with Crippen LogP contribution in [0.2, 0.25) is 10.0 Å². The van der Waals surface area contributed by atoms with Gasteiger partial charge in [-0.2, -0.15) is 0 Å². The quantitative estimate of drug-likeness (QED) is 0.211. The minimum atomic E-state index is -0.130. The zero-order valence-corrected chi connectivity index (χ0v) is 21.3. The number of nitrogens with zero attached hydrogens (tertiary/aromatic N) is 1. The van der Waals surface area contributed by atoms with Gasteiger partial charge in [-0.3, -0.25) is 14.5 Å². The van der Waals surface area contributed by atoms with E-state index in [-0.39, 0.29) is 11.8 Å². The van der Waals surface area contributed by atoms with Crippen molar-refractivity contribution in [2.45, 2.75) is 32.6 Å². The predicted molar refractivity (Wildman–Crippen MR) is 141 cm³/mol. The molecule has 9 heteroatoms. The van der Waals surface area contributed by atoms with Gasteiger partial charge in [0.2, 0.25) is 5.91 Å². The molecule has 174 valence electrons. The first-order valence-electron chi connectivity index (χ1n) is 10.6. The standard InChI is InChI=1S/C24H24Cl2N2O3S2/c1-2-31-18-12-10-17(11-13-18)27-21(29)9-4-3-5-14-28-23(30)20(33-24(28)32)15-16-7-6-8-19(25)22(16)26/h6-8,10-13,15H,2-5,9,14H2,1H3,(H,27,29)/b20-15-. The van der Waals surface area contributed by atoms with Crippen LogP contribution in [0.3, 0.4) is 0 Å². The normalized spacial score (nSPS) is 14.8. The zero-order chi connectivity index (χ0) is 23.8. The molecule has 2 amide bonds. The molecule has 0 unspecified atom stereocenters. The Hall–Kier alpha value is -2.06. The monoisotopic (exact) mass is 522 g/mol. The highest BCUT2D eigenvalue weighted by molar-refractivity contribution is 8.26. The number of halogens is 2. The van der Waals surface area contributed by atoms with Crippen molar-refractivity contribution in [3.63, 3.8) is 0 Å². The van der Waals surface area contributed by atoms with E-state index in [4.69, 9.17) is 40.2 Å². The lowest BCUT2D eigenvalue weighted by Gasteiger charge is -2.14. The molecule has 0 aromatic heterocycles. The molecule has 1 fully saturated rings. The summed E-state index contributed by atoms with van der Waals surface area (Å²) in [6.07, 6.45) is 4.43. The molecule has 0 aliphatic carbocycles. The molecule has 1 aliphatic heterocycles. The van der Waals surface area contributed by atoms with E-state index in [9.17, 15) is 9.59 Å². The largest absolute Gasteiger partial charge is 0.494 e. The van der Waals surface area contributed by atoms with Crippen LogP contribution in [-0.4, -0.2) is 34.2 Å². The van der Waals surface area contributed by atoms with Crippen LogP contribution < -0.4 is 10.1 Å². The van der Waals surface area contributed by atoms with Crippen molar-refractivity contribution in [3.8, 4) is 5.75 Å². The summed E-state index contributed by atoms with van der Waals surface area (Å²) in [4.78, 5) is 27.0. The number of rotatable bonds is 10. The van der Waals surface area contributed by atoms with Crippen LogP contribution in [0.1, 0.15) is 38.2 Å². The summed E-state index contributed by atoms with van der Waals surface area (Å²) in [5.41, 5.74) is 1.43. The molecule has 1 saturated heterocycles. The lowest BCUT2D eigenvalue weighted by molar-refractivity contribution is -0.122. The van der Waals surface area contributed by atoms with Gasteiger partial charge in [-0.15, -0.1) is 0 Å². The molecule has 2 aromatic carbocycles. The van der Waals surface area contributed by atoms with Gasteiger partial charge in [0.1, 0.15) is 10.1 Å². The SMILES string of the molecule is CCOc1ccc(NC(=O)CCCCCN2C(=O)/C(=C/c3cccc(Cl)c3Cl)SC2=S)cc1. The topological polar surface area (TPSA) is 58.6 Å². The Morgan fingerprint density at radius 3 is 2.64 bits per heavy atom. The number of nitrogens with one attached hydrogen (secondary N) is 1. The number of thiocarbonyl (C=S) groups is 1. The molecule has 3 rings (SSSR count). The average Bonchev–Trinajstić information content (AvgIpc) is 3.05. The van der Waals surface area contributed by atoms with Crippen molar-refractivity contribution in [3.05, 3.63) is 63.0 Å². The highest BCUT2D eigenvalue weighted by atomic mass is 35.5. The molecule has 1 aliphatic rings. The predicted octanol–water partition coefficient (Wildman–Crippen LogP) is 6.79. The van der Waals surface area contributed by atoms with Crippen molar-refractivity contribution >= 4 is 75.1 Å². The van der Waals surface area contributed by atoms with Crippen LogP contribution in [0.25, 0.3) is 6.08 Å². The maximum absolute atomic E-state index is 12.8. The van der Waals surface area contributed by atoms with Crippen LogP contribution in [0.15, 0.2) is 47.4 Å². The number of unbranched alkanes of at least 4 members (excludes halogenated alkanes) is 2. The maximum Gasteiger partial charge on any atom is 0.266 e. The number of carbonyl (C=O) groups excluding carboxylic acids is 2. The highest BCUT2D eigenvalue weighted by Crippen LogP contribution is 2.35. The summed E-state index contributed by atoms with van der Waals surface area (Å²) >= 11 is 18.9. The maximum atomic E-state index is 12.8. The lowest BCUT2D eigenvalue weighted by Crippen LogP contribution is -2.29. The van der Waals surface area contributed by atoms with E-state index in [1.807, 2.05) is 31.2 Å². The molecule has 2 aromatic rings. The Morgan fingerprint density at radius 1 is 1.15 bits per heavy atom. The Labute approximate surface area is 213 Å². The lowest BCUT2D eigenvalue weighted by atomic mass is 10.1. The number of hydrogen-bond acceptors (Lipinski definition) is 5. The van der Waals surface area contributed by atoms with Gasteiger partial charge >= 0.3 is 0 Å². The fourth-order valence-electron chi connectivity index (χ4n) is 3.22. The molecule has 5 nitrogen and oxygen atoms in total. The zero-order valence-electron chi connectivity index (χ0n) is 18.1. The highest BCUT2D eigenvalue weighted by Gasteiger charge is 2.31. The molecule has 1 heterocycles. The fourth-order valence-corrected chi connectivity index (χ4v) is 4.88. The van der Waals surface area contributed by atoms with Gasteiger partial charge in [0, 0.05) is 18.7 Å². The van der Waals surface area contributed by atoms with Crippen molar-refractivity contribution in [1.82, 2.24) is 4.90 Å². The molecule has 0 atom stereocenters. The van der Waals surface area contributed by atoms with Crippen LogP contribution >= 0.6 is 47.2 Å². The number of amides is 2. The Morgan fingerprint density at radius 2 is 1.91 bits per heavy atom. The number of carbonyl (C=O) groups is 2. The van der Waals surface area contributed by atoms with E-state index in [0.29, 0.717) is 44.4 Å². The molecule has 1 N–H and O–H groups in total. The van der Waals surface area contributed by atoms with Crippen LogP contribution in [0.4, 0.5) is 5.69 Å². The second kappa shape index (κ2) is 12.4. The molecule has 0 bridgehead atoms. The molecular formula is C24H24Cl2N2O3S2. The van der Waals surface area contributed by atoms with Crippen molar-refractivity contribution in [1.29, 1.82) is 0 Å². The average molecular weight is 524 g/mol. The first-order valence-corrected chi connectivity index (χ1v) is 12.6. The van der Waals surface area contributed by atoms with Gasteiger partial charge in [-0.25, -0.2) is 0 Å². The third kappa shape index (κ3) is 7.21. The Bertz CT molecular complexity index is 1060. The summed E-state index contributed by atoms with van der Waals surface area (Å²) in [7, 11) is 0. The van der Waals surface area contributed by atoms with Crippen molar-refractivity contribution < 1.29 is 14.3 Å². The summed E-state index contributed by atoms with van der Waals surface area (Å²) in [5, 5.41) is 3.73. The third-order valence-corrected chi connectivity index (χ3v) is 7.09. The molecule has 0 spiro atoms. The Kier molecular flexibility index (Phi) is 9.62. The first-order chi connectivity index (χ1) is 15.9. The molecule has 33 heavy (non-hydrogen) atoms. The van der Waals surface area contributed by atoms with Crippen molar-refractivity contribution in [2.24, 2.45) is 0 Å². The number of hydrogen-bond donors (Lipinski definition) is 1. The fraction of sp³-hybridized carbons (Fsp3) is 0.292. The van der Waals surface area contributed by atoms with Crippen molar-refractivity contribution in [2.75, 3.05) is 18.5 Å². The molecular weight excluding hydrogens is 499 g/mol. The number of thioether (sulfide) groups is 1. The minimum Gasteiger partial charge on any atom is -0.494 e. The molecule has 0 radical (unpaired) electrons.